The van der Waals surface area contributed by atoms with Crippen LogP contribution < -0.4 is 0 Å². The van der Waals surface area contributed by atoms with E-state index < -0.39 is 7.25 Å². The molecule has 0 amide bonds. The Labute approximate surface area is 302 Å². The molecule has 0 unspecified atom stereocenters. The van der Waals surface area contributed by atoms with E-state index >= 15 is 0 Å². The van der Waals surface area contributed by atoms with E-state index in [0.717, 1.165) is 50.7 Å². The van der Waals surface area contributed by atoms with Crippen LogP contribution in [0.2, 0.25) is 0 Å². The Bertz CT molecular complexity index is 960. The maximum absolute atomic E-state index is 9.75. The summed E-state index contributed by atoms with van der Waals surface area (Å²) in [5.41, 5.74) is 8.74. The fraction of sp³-hybridized carbons (Fsp3) is 0.541. The first-order valence-corrected chi connectivity index (χ1v) is 18.8. The molecule has 3 radical (unpaired) electrons. The van der Waals surface area contributed by atoms with E-state index in [0.29, 0.717) is 0 Å². The van der Waals surface area contributed by atoms with E-state index in [4.69, 9.17) is 17.4 Å². The van der Waals surface area contributed by atoms with Crippen LogP contribution in [-0.2, 0) is 19.8 Å². The second-order valence-corrected chi connectivity index (χ2v) is 19.7. The third-order valence-corrected chi connectivity index (χ3v) is 13.1. The van der Waals surface area contributed by atoms with Gasteiger partial charge in [0, 0.05) is 13.8 Å². The smallest absolute Gasteiger partial charge is 0.418 e. The van der Waals surface area contributed by atoms with Crippen molar-refractivity contribution in [2.75, 3.05) is 0 Å². The van der Waals surface area contributed by atoms with Crippen LogP contribution >= 0.6 is 15.8 Å². The largest absolute Gasteiger partial charge is 1.00 e. The Morgan fingerprint density at radius 2 is 0.745 bits per heavy atom. The first-order valence-electron chi connectivity index (χ1n) is 15.7. The van der Waals surface area contributed by atoms with E-state index in [-0.39, 0.29) is 35.6 Å². The molecule has 2 rings (SSSR count). The summed E-state index contributed by atoms with van der Waals surface area (Å²) in [6, 6.07) is 23.8. The molecule has 0 heterocycles. The molecular formula is C37H60BF4N2OsP2. The predicted molar refractivity (Wildman–Crippen MR) is 202 cm³/mol. The molecule has 0 saturated carbocycles. The van der Waals surface area contributed by atoms with E-state index in [9.17, 15) is 17.3 Å². The SMILES string of the molecule is CC#N.CC#N.CC(C)P(C(C)C)C(C)C.CC(C)P(C(C)C)C(C)C.F[B-](F)(F)F.[CH]C=C(c1ccccc1)c1ccccc1.[Os+]. The molecule has 0 spiro atoms. The zero-order valence-corrected chi connectivity index (χ0v) is 35.5. The van der Waals surface area contributed by atoms with Crippen molar-refractivity contribution >= 4 is 28.7 Å². The third-order valence-electron chi connectivity index (χ3n) is 5.91. The van der Waals surface area contributed by atoms with Crippen LogP contribution in [0.5, 0.6) is 0 Å². The van der Waals surface area contributed by atoms with Crippen molar-refractivity contribution in [2.45, 2.75) is 131 Å². The summed E-state index contributed by atoms with van der Waals surface area (Å²) in [7, 11) is -5.48. The first-order chi connectivity index (χ1) is 21.2. The summed E-state index contributed by atoms with van der Waals surface area (Å²) in [4.78, 5) is 0. The number of hydrogen-bond donors (Lipinski definition) is 0. The van der Waals surface area contributed by atoms with E-state index in [2.05, 4.69) is 107 Å². The van der Waals surface area contributed by atoms with E-state index in [1.54, 1.807) is 18.2 Å². The Morgan fingerprint density at radius 3 is 0.851 bits per heavy atom. The standard InChI is InChI=1S/C15H12.2C9H21P.2C2H3N.BF4.Os/c1-2-15(13-9-5-3-6-10-13)14-11-7-4-8-12-14;2*1-7(2)10(8(3)4)9(5)6;2*1-2-3;2-1(3,4)5;/h1-12H;2*7-9H,1-6H3;2*1H3;;/q;;;;;-1;+1. The fourth-order valence-electron chi connectivity index (χ4n) is 5.17. The molecule has 0 fully saturated rings. The normalized spacial score (nSPS) is 10.1. The summed E-state index contributed by atoms with van der Waals surface area (Å²) in [6.07, 6.45) is 1.66. The third kappa shape index (κ3) is 34.1. The molecule has 47 heavy (non-hydrogen) atoms. The van der Waals surface area contributed by atoms with Gasteiger partial charge in [-0.05, 0) is 57.6 Å². The van der Waals surface area contributed by atoms with Gasteiger partial charge in [-0.15, -0.1) is 0 Å². The minimum Gasteiger partial charge on any atom is -0.418 e. The van der Waals surface area contributed by atoms with Crippen molar-refractivity contribution < 1.29 is 37.1 Å². The van der Waals surface area contributed by atoms with Crippen LogP contribution in [0.3, 0.4) is 0 Å². The number of benzene rings is 2. The molecule has 0 N–H and O–H groups in total. The van der Waals surface area contributed by atoms with Crippen molar-refractivity contribution in [1.29, 1.82) is 10.5 Å². The van der Waals surface area contributed by atoms with Gasteiger partial charge in [0.15, 0.2) is 0 Å². The predicted octanol–water partition coefficient (Wildman–Crippen LogP) is 13.6. The molecule has 2 aromatic carbocycles. The van der Waals surface area contributed by atoms with Crippen LogP contribution in [0.4, 0.5) is 17.3 Å². The number of rotatable bonds is 8. The molecule has 2 aromatic rings. The van der Waals surface area contributed by atoms with Gasteiger partial charge in [-0.1, -0.05) is 166 Å². The van der Waals surface area contributed by atoms with Gasteiger partial charge >= 0.3 is 27.0 Å². The van der Waals surface area contributed by atoms with Crippen molar-refractivity contribution in [3.05, 3.63) is 84.8 Å². The second kappa shape index (κ2) is 33.0. The zero-order chi connectivity index (χ0) is 37.0. The molecule has 10 heteroatoms. The number of halogens is 4. The van der Waals surface area contributed by atoms with Gasteiger partial charge in [-0.2, -0.15) is 10.5 Å². The quantitative estimate of drug-likeness (QED) is 0.151. The van der Waals surface area contributed by atoms with Gasteiger partial charge in [0.25, 0.3) is 0 Å². The van der Waals surface area contributed by atoms with Crippen LogP contribution in [0, 0.1) is 29.6 Å². The minimum atomic E-state index is -6.00. The van der Waals surface area contributed by atoms with Crippen molar-refractivity contribution in [3.8, 4) is 12.1 Å². The summed E-state index contributed by atoms with van der Waals surface area (Å²) in [5.74, 6) is 0. The minimum absolute atomic E-state index is 0. The maximum atomic E-state index is 9.75. The van der Waals surface area contributed by atoms with Crippen LogP contribution in [-0.4, -0.2) is 41.2 Å². The Hall–Kier alpha value is -1.56. The van der Waals surface area contributed by atoms with Crippen molar-refractivity contribution in [3.63, 3.8) is 0 Å². The molecule has 0 bridgehead atoms. The van der Waals surface area contributed by atoms with E-state index in [1.165, 1.54) is 13.8 Å². The van der Waals surface area contributed by atoms with Crippen LogP contribution in [0.25, 0.3) is 5.57 Å². The molecule has 267 valence electrons. The molecule has 0 saturated heterocycles. The van der Waals surface area contributed by atoms with Gasteiger partial charge in [0.2, 0.25) is 0 Å². The van der Waals surface area contributed by atoms with Crippen LogP contribution in [0.1, 0.15) is 108 Å². The number of nitriles is 2. The Kier molecular flexibility index (Phi) is 38.5. The first kappa shape index (κ1) is 54.9. The molecule has 0 aliphatic heterocycles. The summed E-state index contributed by atoms with van der Waals surface area (Å²) in [6.45, 7) is 36.8. The Balaban J connectivity index is -0.000000164. The average Bonchev–Trinajstić information content (AvgIpc) is 2.90. The maximum Gasteiger partial charge on any atom is 1.00 e. The van der Waals surface area contributed by atoms with Gasteiger partial charge in [0.1, 0.15) is 0 Å². The fourth-order valence-corrected chi connectivity index (χ4v) is 12.3. The van der Waals surface area contributed by atoms with Gasteiger partial charge in [-0.3, -0.25) is 0 Å². The summed E-state index contributed by atoms with van der Waals surface area (Å²) >= 11 is 0. The van der Waals surface area contributed by atoms with Crippen LogP contribution in [0.15, 0.2) is 66.7 Å². The molecule has 0 aliphatic rings. The molecular weight excluding hydrogens is 811 g/mol. The molecule has 0 atom stereocenters. The van der Waals surface area contributed by atoms with E-state index in [1.807, 2.05) is 36.4 Å². The molecule has 0 aromatic heterocycles. The average molecular weight is 872 g/mol. The topological polar surface area (TPSA) is 47.6 Å². The molecule has 2 nitrogen and oxygen atoms in total. The monoisotopic (exact) mass is 873 g/mol. The van der Waals surface area contributed by atoms with Crippen molar-refractivity contribution in [1.82, 2.24) is 0 Å². The second-order valence-electron chi connectivity index (χ2n) is 11.7. The van der Waals surface area contributed by atoms with Gasteiger partial charge in [-0.25, -0.2) is 0 Å². The Morgan fingerprint density at radius 1 is 0.574 bits per heavy atom. The zero-order valence-electron chi connectivity index (χ0n) is 31.1. The molecule has 0 aliphatic carbocycles. The number of allylic oxidation sites excluding steroid dienone is 1. The summed E-state index contributed by atoms with van der Waals surface area (Å²) < 4.78 is 39.0. The van der Waals surface area contributed by atoms with Gasteiger partial charge in [0.05, 0.1) is 12.1 Å². The summed E-state index contributed by atoms with van der Waals surface area (Å²) in [5, 5.41) is 14.6. The number of nitrogens with zero attached hydrogens (tertiary/aromatic N) is 2. The van der Waals surface area contributed by atoms with Gasteiger partial charge < -0.3 is 17.3 Å². The number of hydrogen-bond acceptors (Lipinski definition) is 2. The van der Waals surface area contributed by atoms with Crippen molar-refractivity contribution in [2.24, 2.45) is 0 Å².